The van der Waals surface area contributed by atoms with Crippen LogP contribution >= 0.6 is 0 Å². The third-order valence-corrected chi connectivity index (χ3v) is 4.86. The van der Waals surface area contributed by atoms with Crippen LogP contribution in [0.15, 0.2) is 0 Å². The van der Waals surface area contributed by atoms with Crippen molar-refractivity contribution in [2.45, 2.75) is 70.2 Å². The zero-order chi connectivity index (χ0) is 19.9. The average Bonchev–Trinajstić information content (AvgIpc) is 2.92. The van der Waals surface area contributed by atoms with Crippen LogP contribution in [-0.2, 0) is 19.1 Å². The summed E-state index contributed by atoms with van der Waals surface area (Å²) in [7, 11) is 0. The van der Waals surface area contributed by atoms with Gasteiger partial charge < -0.3 is 20.9 Å². The molecule has 9 heteroatoms. The molecule has 26 heavy (non-hydrogen) atoms. The average molecular weight is 369 g/mol. The monoisotopic (exact) mass is 369 g/mol. The van der Waals surface area contributed by atoms with E-state index in [4.69, 9.17) is 10.5 Å². The Morgan fingerprint density at radius 2 is 2.00 bits per heavy atom. The van der Waals surface area contributed by atoms with Crippen molar-refractivity contribution in [2.24, 2.45) is 11.7 Å². The largest absolute Gasteiger partial charge is 0.444 e. The van der Waals surface area contributed by atoms with Crippen molar-refractivity contribution >= 4 is 23.7 Å². The molecule has 0 aromatic rings. The van der Waals surface area contributed by atoms with Crippen LogP contribution in [0.3, 0.4) is 0 Å². The number of primary amides is 1. The van der Waals surface area contributed by atoms with Gasteiger partial charge in [-0.15, -0.1) is 0 Å². The Morgan fingerprint density at radius 1 is 1.38 bits per heavy atom. The van der Waals surface area contributed by atoms with E-state index in [1.54, 1.807) is 20.8 Å². The maximum absolute atomic E-state index is 12.5. The Balaban J connectivity index is 2.15. The second-order valence-corrected chi connectivity index (χ2v) is 8.08. The summed E-state index contributed by atoms with van der Waals surface area (Å²) in [4.78, 5) is 50.0. The minimum absolute atomic E-state index is 0.0117. The van der Waals surface area contributed by atoms with Crippen molar-refractivity contribution < 1.29 is 29.0 Å². The van der Waals surface area contributed by atoms with Gasteiger partial charge in [-0.3, -0.25) is 19.3 Å². The highest BCUT2D eigenvalue weighted by molar-refractivity contribution is 5.99. The lowest BCUT2D eigenvalue weighted by molar-refractivity contribution is -0.139. The van der Waals surface area contributed by atoms with Crippen molar-refractivity contribution in [3.8, 4) is 0 Å². The lowest BCUT2D eigenvalue weighted by Crippen LogP contribution is -2.59. The van der Waals surface area contributed by atoms with Gasteiger partial charge in [0.15, 0.2) is 5.78 Å². The number of Topliss-reactive ketones (excluding diaryl/α,β-unsaturated/α-hetero) is 1. The number of likely N-dealkylation sites (tertiary alicyclic amines) is 1. The van der Waals surface area contributed by atoms with Gasteiger partial charge in [-0.25, -0.2) is 4.79 Å². The molecule has 2 aliphatic rings. The second-order valence-electron chi connectivity index (χ2n) is 8.08. The number of aliphatic hydroxyl groups is 1. The first-order valence-corrected chi connectivity index (χ1v) is 8.69. The SMILES string of the molecule is C[C@@H](O)[C@H](NC(=O)C1CN(C(=O)OC(C)(C)C)C2(CCC2=O)C1)C(N)=O. The Hall–Kier alpha value is -2.16. The van der Waals surface area contributed by atoms with Crippen LogP contribution in [0.5, 0.6) is 0 Å². The van der Waals surface area contributed by atoms with Gasteiger partial charge in [0, 0.05) is 13.0 Å². The molecule has 0 radical (unpaired) electrons. The van der Waals surface area contributed by atoms with Gasteiger partial charge in [0.1, 0.15) is 17.2 Å². The minimum atomic E-state index is -1.23. The molecule has 146 valence electrons. The summed E-state index contributed by atoms with van der Waals surface area (Å²) in [6.07, 6.45) is -0.792. The molecule has 1 aliphatic carbocycles. The van der Waals surface area contributed by atoms with E-state index in [0.717, 1.165) is 0 Å². The summed E-state index contributed by atoms with van der Waals surface area (Å²) in [6.45, 7) is 6.52. The molecule has 4 N–H and O–H groups in total. The first-order chi connectivity index (χ1) is 11.9. The van der Waals surface area contributed by atoms with Gasteiger partial charge in [-0.1, -0.05) is 0 Å². The number of aliphatic hydroxyl groups excluding tert-OH is 1. The third kappa shape index (κ3) is 3.82. The number of rotatable bonds is 4. The molecule has 1 heterocycles. The number of amides is 3. The summed E-state index contributed by atoms with van der Waals surface area (Å²) >= 11 is 0. The van der Waals surface area contributed by atoms with Gasteiger partial charge in [0.2, 0.25) is 11.8 Å². The first-order valence-electron chi connectivity index (χ1n) is 8.69. The molecular weight excluding hydrogens is 342 g/mol. The van der Waals surface area contributed by atoms with Crippen LogP contribution in [0, 0.1) is 5.92 Å². The molecule has 2 rings (SSSR count). The molecule has 1 spiro atoms. The van der Waals surface area contributed by atoms with E-state index < -0.39 is 47.1 Å². The number of ketones is 1. The van der Waals surface area contributed by atoms with E-state index in [1.165, 1.54) is 11.8 Å². The van der Waals surface area contributed by atoms with Gasteiger partial charge in [-0.2, -0.15) is 0 Å². The summed E-state index contributed by atoms with van der Waals surface area (Å²) in [6, 6.07) is -1.23. The van der Waals surface area contributed by atoms with Crippen molar-refractivity contribution in [2.75, 3.05) is 6.54 Å². The fourth-order valence-electron chi connectivity index (χ4n) is 3.44. The lowest BCUT2D eigenvalue weighted by atomic mass is 9.72. The number of nitrogens with zero attached hydrogens (tertiary/aromatic N) is 1. The third-order valence-electron chi connectivity index (χ3n) is 4.86. The molecule has 0 bridgehead atoms. The molecule has 1 aliphatic heterocycles. The normalized spacial score (nSPS) is 27.7. The Bertz CT molecular complexity index is 626. The predicted molar refractivity (Wildman–Crippen MR) is 90.8 cm³/mol. The number of nitrogens with two attached hydrogens (primary N) is 1. The fourth-order valence-corrected chi connectivity index (χ4v) is 3.44. The lowest BCUT2D eigenvalue weighted by Gasteiger charge is -2.43. The molecule has 1 saturated heterocycles. The Labute approximate surface area is 152 Å². The van der Waals surface area contributed by atoms with Crippen LogP contribution in [-0.4, -0.2) is 63.5 Å². The van der Waals surface area contributed by atoms with Gasteiger partial charge in [0.05, 0.1) is 12.0 Å². The molecule has 2 unspecified atom stereocenters. The quantitative estimate of drug-likeness (QED) is 0.621. The standard InChI is InChI=1S/C17H27N3O6/c1-9(21)12(13(18)23)19-14(24)10-7-17(6-5-11(17)22)20(8-10)15(25)26-16(2,3)4/h9-10,12,21H,5-8H2,1-4H3,(H2,18,23)(H,19,24)/t9-,10?,12+,17?/m1/s1. The second kappa shape index (κ2) is 6.86. The molecule has 9 nitrogen and oxygen atoms in total. The van der Waals surface area contributed by atoms with Gasteiger partial charge in [-0.05, 0) is 40.5 Å². The van der Waals surface area contributed by atoms with Crippen LogP contribution in [0.1, 0.15) is 47.0 Å². The summed E-state index contributed by atoms with van der Waals surface area (Å²) in [5.74, 6) is -2.17. The summed E-state index contributed by atoms with van der Waals surface area (Å²) in [5.41, 5.74) is 3.45. The highest BCUT2D eigenvalue weighted by Crippen LogP contribution is 2.45. The zero-order valence-corrected chi connectivity index (χ0v) is 15.6. The molecule has 3 amide bonds. The van der Waals surface area contributed by atoms with E-state index in [-0.39, 0.29) is 18.7 Å². The highest BCUT2D eigenvalue weighted by atomic mass is 16.6. The van der Waals surface area contributed by atoms with Crippen molar-refractivity contribution in [1.29, 1.82) is 0 Å². The number of hydrogen-bond donors (Lipinski definition) is 3. The van der Waals surface area contributed by atoms with Gasteiger partial charge >= 0.3 is 6.09 Å². The van der Waals surface area contributed by atoms with Crippen LogP contribution in [0.4, 0.5) is 4.79 Å². The summed E-state index contributed by atoms with van der Waals surface area (Å²) in [5, 5.41) is 12.0. The van der Waals surface area contributed by atoms with Crippen LogP contribution in [0.25, 0.3) is 0 Å². The maximum atomic E-state index is 12.5. The van der Waals surface area contributed by atoms with Crippen LogP contribution < -0.4 is 11.1 Å². The molecule has 4 atom stereocenters. The number of carbonyl (C=O) groups excluding carboxylic acids is 4. The molecule has 1 saturated carbocycles. The highest BCUT2D eigenvalue weighted by Gasteiger charge is 2.59. The van der Waals surface area contributed by atoms with E-state index in [1.807, 2.05) is 0 Å². The van der Waals surface area contributed by atoms with Crippen LogP contribution in [0.2, 0.25) is 0 Å². The van der Waals surface area contributed by atoms with E-state index in [2.05, 4.69) is 5.32 Å². The van der Waals surface area contributed by atoms with E-state index in [0.29, 0.717) is 12.8 Å². The zero-order valence-electron chi connectivity index (χ0n) is 15.6. The van der Waals surface area contributed by atoms with E-state index in [9.17, 15) is 24.3 Å². The van der Waals surface area contributed by atoms with Crippen molar-refractivity contribution in [3.63, 3.8) is 0 Å². The fraction of sp³-hybridized carbons (Fsp3) is 0.765. The van der Waals surface area contributed by atoms with Gasteiger partial charge in [0.25, 0.3) is 0 Å². The molecular formula is C17H27N3O6. The Morgan fingerprint density at radius 3 is 2.38 bits per heavy atom. The number of ether oxygens (including phenoxy) is 1. The molecule has 0 aromatic heterocycles. The van der Waals surface area contributed by atoms with Crippen molar-refractivity contribution in [3.05, 3.63) is 0 Å². The maximum Gasteiger partial charge on any atom is 0.411 e. The molecule has 2 fully saturated rings. The minimum Gasteiger partial charge on any atom is -0.444 e. The van der Waals surface area contributed by atoms with Crippen molar-refractivity contribution in [1.82, 2.24) is 10.2 Å². The Kier molecular flexibility index (Phi) is 5.32. The number of carbonyl (C=O) groups is 4. The summed E-state index contributed by atoms with van der Waals surface area (Å²) < 4.78 is 5.38. The van der Waals surface area contributed by atoms with E-state index >= 15 is 0 Å². The number of hydrogen-bond acceptors (Lipinski definition) is 6. The first kappa shape index (κ1) is 20.2. The number of nitrogens with one attached hydrogen (secondary N) is 1. The smallest absolute Gasteiger partial charge is 0.411 e. The predicted octanol–water partition coefficient (Wildman–Crippen LogP) is -0.304. The topological polar surface area (TPSA) is 139 Å². The molecule has 0 aromatic carbocycles.